The van der Waals surface area contributed by atoms with Crippen molar-refractivity contribution in [3.05, 3.63) is 0 Å². The normalized spacial score (nSPS) is 10.4. The summed E-state index contributed by atoms with van der Waals surface area (Å²) in [5, 5.41) is 8.47. The van der Waals surface area contributed by atoms with Gasteiger partial charge in [0.05, 0.1) is 19.4 Å². The fourth-order valence-corrected chi connectivity index (χ4v) is 3.12. The number of hydrogen-bond acceptors (Lipinski definition) is 3. The molecule has 0 saturated carbocycles. The number of esters is 1. The molecule has 0 rings (SSSR count). The van der Waals surface area contributed by atoms with E-state index in [0.717, 1.165) is 12.8 Å². The molecule has 0 heterocycles. The predicted octanol–water partition coefficient (Wildman–Crippen LogP) is 6.28. The summed E-state index contributed by atoms with van der Waals surface area (Å²) in [6.07, 6.45) is 21.0. The number of hydrogen-bond donors (Lipinski definition) is 1. The fourth-order valence-electron chi connectivity index (χ4n) is 3.12. The van der Waals surface area contributed by atoms with Gasteiger partial charge in [0.15, 0.2) is 0 Å². The van der Waals surface area contributed by atoms with Gasteiger partial charge in [0.1, 0.15) is 0 Å². The molecule has 0 unspecified atom stereocenters. The Hall–Kier alpha value is 0.200. The first-order valence-electron chi connectivity index (χ1n) is 11.0. The van der Waals surface area contributed by atoms with Gasteiger partial charge >= 0.3 is 11.9 Å². The van der Waals surface area contributed by atoms with Crippen LogP contribution in [0.2, 0.25) is 0 Å². The summed E-state index contributed by atoms with van der Waals surface area (Å²) in [6, 6.07) is 0. The van der Waals surface area contributed by atoms with Crippen molar-refractivity contribution < 1.29 is 19.4 Å². The van der Waals surface area contributed by atoms with Crippen LogP contribution in [0.15, 0.2) is 0 Å². The molecule has 0 fully saturated rings. The molecule has 5 heteroatoms. The summed E-state index contributed by atoms with van der Waals surface area (Å²) >= 11 is 0. The minimum atomic E-state index is -0.954. The van der Waals surface area contributed by atoms with Gasteiger partial charge in [0.2, 0.25) is 0 Å². The molecular formula is C22H42CaO4. The quantitative estimate of drug-likeness (QED) is 0.146. The maximum absolute atomic E-state index is 11.2. The van der Waals surface area contributed by atoms with Crippen molar-refractivity contribution in [3.8, 4) is 0 Å². The van der Waals surface area contributed by atoms with E-state index in [2.05, 4.69) is 6.92 Å². The number of carbonyl (C=O) groups excluding carboxylic acids is 1. The van der Waals surface area contributed by atoms with Crippen LogP contribution in [0.4, 0.5) is 0 Å². The van der Waals surface area contributed by atoms with Crippen molar-refractivity contribution in [2.24, 2.45) is 0 Å². The maximum atomic E-state index is 11.2. The Kier molecular flexibility index (Phi) is 26.4. The first kappa shape index (κ1) is 29.4. The summed E-state index contributed by atoms with van der Waals surface area (Å²) in [5.41, 5.74) is 0. The molecule has 0 spiro atoms. The van der Waals surface area contributed by atoms with Crippen LogP contribution in [0, 0.1) is 0 Å². The number of carboxylic acids is 1. The number of rotatable bonds is 20. The molecule has 0 aromatic carbocycles. The zero-order chi connectivity index (χ0) is 19.3. The third-order valence-electron chi connectivity index (χ3n) is 4.80. The van der Waals surface area contributed by atoms with Gasteiger partial charge in [-0.25, -0.2) is 0 Å². The van der Waals surface area contributed by atoms with Gasteiger partial charge in [-0.15, -0.1) is 0 Å². The first-order chi connectivity index (χ1) is 12.7. The van der Waals surface area contributed by atoms with E-state index in [9.17, 15) is 9.59 Å². The van der Waals surface area contributed by atoms with Crippen LogP contribution in [0.25, 0.3) is 0 Å². The summed E-state index contributed by atoms with van der Waals surface area (Å²) in [5.74, 6) is -1.35. The van der Waals surface area contributed by atoms with Crippen LogP contribution < -0.4 is 0 Å². The maximum Gasteiger partial charge on any atom is 0.306 e. The van der Waals surface area contributed by atoms with Gasteiger partial charge < -0.3 is 9.84 Å². The Morgan fingerprint density at radius 3 is 1.37 bits per heavy atom. The third kappa shape index (κ3) is 26.2. The second kappa shape index (κ2) is 24.2. The molecule has 0 bridgehead atoms. The van der Waals surface area contributed by atoms with E-state index >= 15 is 0 Å². The van der Waals surface area contributed by atoms with E-state index in [1.54, 1.807) is 0 Å². The molecule has 1 N–H and O–H groups in total. The topological polar surface area (TPSA) is 63.6 Å². The molecule has 156 valence electrons. The largest absolute Gasteiger partial charge is 0.481 e. The standard InChI is InChI=1S/C22H42O4.Ca/c1-2-3-4-5-6-7-8-9-10-11-12-13-14-15-16-17-20-26-22(25)19-18-21(23)24;/h2-20H2,1H3,(H,23,24);. The van der Waals surface area contributed by atoms with Crippen LogP contribution in [0.5, 0.6) is 0 Å². The minimum absolute atomic E-state index is 0. The smallest absolute Gasteiger partial charge is 0.306 e. The Morgan fingerprint density at radius 2 is 1.00 bits per heavy atom. The zero-order valence-electron chi connectivity index (χ0n) is 17.8. The number of carboxylic acid groups (broad SMARTS) is 1. The molecule has 0 saturated heterocycles. The Morgan fingerprint density at radius 1 is 0.630 bits per heavy atom. The first-order valence-corrected chi connectivity index (χ1v) is 11.0. The van der Waals surface area contributed by atoms with Gasteiger partial charge in [-0.2, -0.15) is 0 Å². The van der Waals surface area contributed by atoms with Gasteiger partial charge in [-0.3, -0.25) is 9.59 Å². The van der Waals surface area contributed by atoms with E-state index in [0.29, 0.717) is 6.61 Å². The van der Waals surface area contributed by atoms with Crippen LogP contribution in [0.3, 0.4) is 0 Å². The molecular weight excluding hydrogens is 368 g/mol. The SMILES string of the molecule is CCCCCCCCCCCCCCCCCCOC(=O)CCC(=O)O.[Ca]. The molecule has 0 aromatic heterocycles. The van der Waals surface area contributed by atoms with E-state index in [1.807, 2.05) is 0 Å². The minimum Gasteiger partial charge on any atom is -0.481 e. The van der Waals surface area contributed by atoms with Gasteiger partial charge in [0, 0.05) is 37.7 Å². The molecule has 4 nitrogen and oxygen atoms in total. The van der Waals surface area contributed by atoms with Crippen molar-refractivity contribution in [2.75, 3.05) is 6.61 Å². The van der Waals surface area contributed by atoms with Crippen molar-refractivity contribution >= 4 is 49.7 Å². The Balaban J connectivity index is 0. The monoisotopic (exact) mass is 410 g/mol. The zero-order valence-corrected chi connectivity index (χ0v) is 20.0. The summed E-state index contributed by atoms with van der Waals surface area (Å²) in [6.45, 7) is 2.70. The van der Waals surface area contributed by atoms with E-state index in [-0.39, 0.29) is 50.6 Å². The van der Waals surface area contributed by atoms with Crippen molar-refractivity contribution in [1.29, 1.82) is 0 Å². The van der Waals surface area contributed by atoms with Crippen LogP contribution in [-0.2, 0) is 14.3 Å². The second-order valence-electron chi connectivity index (χ2n) is 7.42. The summed E-state index contributed by atoms with van der Waals surface area (Å²) in [7, 11) is 0. The van der Waals surface area contributed by atoms with Crippen molar-refractivity contribution in [1.82, 2.24) is 0 Å². The molecule has 2 radical (unpaired) electrons. The number of unbranched alkanes of at least 4 members (excludes halogenated alkanes) is 15. The molecule has 0 aliphatic carbocycles. The van der Waals surface area contributed by atoms with Gasteiger partial charge in [-0.05, 0) is 6.42 Å². The average Bonchev–Trinajstić information content (AvgIpc) is 2.62. The van der Waals surface area contributed by atoms with Crippen molar-refractivity contribution in [3.63, 3.8) is 0 Å². The molecule has 0 aromatic rings. The Bertz CT molecular complexity index is 334. The summed E-state index contributed by atoms with van der Waals surface area (Å²) in [4.78, 5) is 21.6. The fraction of sp³-hybridized carbons (Fsp3) is 0.909. The number of aliphatic carboxylic acids is 1. The van der Waals surface area contributed by atoms with E-state index in [4.69, 9.17) is 9.84 Å². The van der Waals surface area contributed by atoms with Crippen molar-refractivity contribution in [2.45, 2.75) is 122 Å². The van der Waals surface area contributed by atoms with Crippen LogP contribution in [0.1, 0.15) is 122 Å². The van der Waals surface area contributed by atoms with E-state index < -0.39 is 11.9 Å². The van der Waals surface area contributed by atoms with Crippen LogP contribution >= 0.6 is 0 Å². The molecule has 0 atom stereocenters. The molecule has 0 amide bonds. The van der Waals surface area contributed by atoms with Gasteiger partial charge in [0.25, 0.3) is 0 Å². The van der Waals surface area contributed by atoms with Gasteiger partial charge in [-0.1, -0.05) is 103 Å². The second-order valence-corrected chi connectivity index (χ2v) is 7.42. The summed E-state index contributed by atoms with van der Waals surface area (Å²) < 4.78 is 5.01. The molecule has 27 heavy (non-hydrogen) atoms. The molecule has 0 aliphatic heterocycles. The van der Waals surface area contributed by atoms with E-state index in [1.165, 1.54) is 89.9 Å². The average molecular weight is 411 g/mol. The molecule has 0 aliphatic rings. The number of carbonyl (C=O) groups is 2. The third-order valence-corrected chi connectivity index (χ3v) is 4.80. The Labute approximate surface area is 197 Å². The number of ether oxygens (including phenoxy) is 1. The predicted molar refractivity (Wildman–Crippen MR) is 113 cm³/mol. The van der Waals surface area contributed by atoms with Crippen LogP contribution in [-0.4, -0.2) is 61.4 Å².